The van der Waals surface area contributed by atoms with E-state index in [2.05, 4.69) is 27.9 Å². The number of carbonyl (C=O) groups excluding carboxylic acids is 1. The van der Waals surface area contributed by atoms with E-state index in [1.54, 1.807) is 6.20 Å². The number of halogens is 1. The van der Waals surface area contributed by atoms with E-state index < -0.39 is 0 Å². The zero-order chi connectivity index (χ0) is 16.4. The molecule has 1 aromatic heterocycles. The van der Waals surface area contributed by atoms with Crippen LogP contribution in [-0.4, -0.2) is 28.8 Å². The summed E-state index contributed by atoms with van der Waals surface area (Å²) in [4.78, 5) is 12.5. The average Bonchev–Trinajstić information content (AvgIpc) is 3.05. The number of hydrogen-bond acceptors (Lipinski definition) is 3. The second-order valence-electron chi connectivity index (χ2n) is 7.06. The Kier molecular flexibility index (Phi) is 5.45. The second kappa shape index (κ2) is 7.58. The Morgan fingerprint density at radius 1 is 1.24 bits per heavy atom. The number of hydrogen-bond donors (Lipinski definition) is 2. The third-order valence-corrected chi connectivity index (χ3v) is 5.57. The van der Waals surface area contributed by atoms with E-state index >= 15 is 0 Å². The molecule has 1 unspecified atom stereocenters. The zero-order valence-corrected chi connectivity index (χ0v) is 15.1. The van der Waals surface area contributed by atoms with Crippen molar-refractivity contribution in [3.05, 3.63) is 53.9 Å². The fraction of sp³-hybridized carbons (Fsp3) is 0.474. The summed E-state index contributed by atoms with van der Waals surface area (Å²) in [5.41, 5.74) is 2.67. The summed E-state index contributed by atoms with van der Waals surface area (Å²) in [5.74, 6) is 0.448. The van der Waals surface area contributed by atoms with Crippen LogP contribution in [0.1, 0.15) is 30.4 Å². The summed E-state index contributed by atoms with van der Waals surface area (Å²) in [6.45, 7) is 3.44. The number of aromatic nitrogens is 2. The van der Waals surface area contributed by atoms with Gasteiger partial charge >= 0.3 is 0 Å². The van der Waals surface area contributed by atoms with Crippen LogP contribution in [0, 0.1) is 11.3 Å². The van der Waals surface area contributed by atoms with Crippen molar-refractivity contribution in [2.75, 3.05) is 13.1 Å². The van der Waals surface area contributed by atoms with Gasteiger partial charge in [0.25, 0.3) is 0 Å². The van der Waals surface area contributed by atoms with Gasteiger partial charge in [-0.3, -0.25) is 9.48 Å². The Balaban J connectivity index is 0.00000182. The first-order chi connectivity index (χ1) is 11.8. The number of amides is 1. The Morgan fingerprint density at radius 2 is 2.00 bits per heavy atom. The minimum Gasteiger partial charge on any atom is -0.352 e. The standard InChI is InChI=1S/C19H24N4O.ClH/c24-18(17-12-19(17)6-9-20-10-7-19)21-13-15-4-1-2-5-16(15)14-23-11-3-8-22-23;/h1-5,8,11,17,20H,6-7,9-10,12-14H2,(H,21,24);1H. The fourth-order valence-electron chi connectivity index (χ4n) is 3.95. The SMILES string of the molecule is Cl.O=C(NCc1ccccc1Cn1cccn1)C1CC12CCNCC2. The average molecular weight is 361 g/mol. The van der Waals surface area contributed by atoms with Gasteiger partial charge in [0.05, 0.1) is 6.54 Å². The minimum absolute atomic E-state index is 0. The molecule has 0 radical (unpaired) electrons. The molecule has 5 nitrogen and oxygen atoms in total. The molecule has 1 aliphatic carbocycles. The van der Waals surface area contributed by atoms with E-state index in [1.165, 1.54) is 11.1 Å². The van der Waals surface area contributed by atoms with Crippen molar-refractivity contribution in [3.63, 3.8) is 0 Å². The maximum Gasteiger partial charge on any atom is 0.223 e. The summed E-state index contributed by atoms with van der Waals surface area (Å²) in [6, 6.07) is 10.2. The monoisotopic (exact) mass is 360 g/mol. The maximum atomic E-state index is 12.5. The first-order valence-electron chi connectivity index (χ1n) is 8.79. The van der Waals surface area contributed by atoms with E-state index in [1.807, 2.05) is 29.1 Å². The van der Waals surface area contributed by atoms with Crippen LogP contribution < -0.4 is 10.6 Å². The molecule has 1 saturated carbocycles. The number of carbonyl (C=O) groups is 1. The number of piperidine rings is 1. The molecule has 1 aliphatic heterocycles. The van der Waals surface area contributed by atoms with Gasteiger partial charge in [0, 0.05) is 24.9 Å². The van der Waals surface area contributed by atoms with Gasteiger partial charge in [-0.1, -0.05) is 24.3 Å². The molecular weight excluding hydrogens is 336 g/mol. The molecule has 2 N–H and O–H groups in total. The molecule has 2 heterocycles. The number of benzene rings is 1. The van der Waals surface area contributed by atoms with E-state index in [4.69, 9.17) is 0 Å². The largest absolute Gasteiger partial charge is 0.352 e. The summed E-state index contributed by atoms with van der Waals surface area (Å²) < 4.78 is 1.91. The van der Waals surface area contributed by atoms with Gasteiger partial charge in [-0.25, -0.2) is 0 Å². The van der Waals surface area contributed by atoms with Crippen molar-refractivity contribution in [1.82, 2.24) is 20.4 Å². The second-order valence-corrected chi connectivity index (χ2v) is 7.06. The van der Waals surface area contributed by atoms with Gasteiger partial charge in [-0.15, -0.1) is 12.4 Å². The molecular formula is C19H25ClN4O. The predicted octanol–water partition coefficient (Wildman–Crippen LogP) is 2.36. The Labute approximate surface area is 154 Å². The van der Waals surface area contributed by atoms with E-state index in [0.29, 0.717) is 12.0 Å². The van der Waals surface area contributed by atoms with Crippen molar-refractivity contribution in [2.24, 2.45) is 11.3 Å². The first kappa shape index (κ1) is 18.0. The lowest BCUT2D eigenvalue weighted by molar-refractivity contribution is -0.123. The van der Waals surface area contributed by atoms with Crippen molar-refractivity contribution >= 4 is 18.3 Å². The third kappa shape index (κ3) is 3.88. The smallest absolute Gasteiger partial charge is 0.223 e. The van der Waals surface area contributed by atoms with Crippen LogP contribution in [0.3, 0.4) is 0 Å². The molecule has 1 spiro atoms. The highest BCUT2D eigenvalue weighted by Gasteiger charge is 2.57. The van der Waals surface area contributed by atoms with Crippen molar-refractivity contribution in [2.45, 2.75) is 32.4 Å². The van der Waals surface area contributed by atoms with Gasteiger partial charge in [-0.2, -0.15) is 5.10 Å². The first-order valence-corrected chi connectivity index (χ1v) is 8.79. The molecule has 1 aromatic carbocycles. The summed E-state index contributed by atoms with van der Waals surface area (Å²) in [7, 11) is 0. The zero-order valence-electron chi connectivity index (χ0n) is 14.3. The summed E-state index contributed by atoms with van der Waals surface area (Å²) in [5, 5.41) is 10.8. The Morgan fingerprint density at radius 3 is 2.72 bits per heavy atom. The van der Waals surface area contributed by atoms with E-state index in [0.717, 1.165) is 38.9 Å². The van der Waals surface area contributed by atoms with Crippen molar-refractivity contribution in [3.8, 4) is 0 Å². The number of nitrogens with zero attached hydrogens (tertiary/aromatic N) is 2. The van der Waals surface area contributed by atoms with Crippen LogP contribution in [0.4, 0.5) is 0 Å². The molecule has 6 heteroatoms. The highest BCUT2D eigenvalue weighted by Crippen LogP contribution is 2.58. The molecule has 0 bridgehead atoms. The topological polar surface area (TPSA) is 59.0 Å². The normalized spacial score (nSPS) is 20.7. The van der Waals surface area contributed by atoms with Gasteiger partial charge in [0.2, 0.25) is 5.91 Å². The van der Waals surface area contributed by atoms with Gasteiger partial charge in [-0.05, 0) is 55.0 Å². The highest BCUT2D eigenvalue weighted by molar-refractivity contribution is 5.85. The molecule has 1 saturated heterocycles. The van der Waals surface area contributed by atoms with E-state index in [9.17, 15) is 4.79 Å². The lowest BCUT2D eigenvalue weighted by Gasteiger charge is -2.23. The van der Waals surface area contributed by atoms with Crippen LogP contribution in [-0.2, 0) is 17.9 Å². The van der Waals surface area contributed by atoms with Crippen LogP contribution in [0.5, 0.6) is 0 Å². The number of rotatable bonds is 5. The Hall–Kier alpha value is -1.85. The molecule has 25 heavy (non-hydrogen) atoms. The minimum atomic E-state index is 0. The van der Waals surface area contributed by atoms with Crippen LogP contribution in [0.25, 0.3) is 0 Å². The van der Waals surface area contributed by atoms with E-state index in [-0.39, 0.29) is 24.2 Å². The van der Waals surface area contributed by atoms with Crippen LogP contribution >= 0.6 is 12.4 Å². The van der Waals surface area contributed by atoms with Crippen LogP contribution in [0.15, 0.2) is 42.7 Å². The molecule has 1 atom stereocenters. The molecule has 2 aromatic rings. The lowest BCUT2D eigenvalue weighted by Crippen LogP contribution is -2.33. The van der Waals surface area contributed by atoms with Gasteiger partial charge in [0.1, 0.15) is 0 Å². The third-order valence-electron chi connectivity index (χ3n) is 5.57. The predicted molar refractivity (Wildman–Crippen MR) is 99.5 cm³/mol. The van der Waals surface area contributed by atoms with Crippen molar-refractivity contribution < 1.29 is 4.79 Å². The Bertz CT molecular complexity index is 710. The van der Waals surface area contributed by atoms with Crippen molar-refractivity contribution in [1.29, 1.82) is 0 Å². The summed E-state index contributed by atoms with van der Waals surface area (Å²) in [6.07, 6.45) is 7.09. The quantitative estimate of drug-likeness (QED) is 0.860. The van der Waals surface area contributed by atoms with Gasteiger partial charge < -0.3 is 10.6 Å². The molecule has 134 valence electrons. The molecule has 1 amide bonds. The highest BCUT2D eigenvalue weighted by atomic mass is 35.5. The van der Waals surface area contributed by atoms with Gasteiger partial charge in [0.15, 0.2) is 0 Å². The summed E-state index contributed by atoms with van der Waals surface area (Å²) >= 11 is 0. The fourth-order valence-corrected chi connectivity index (χ4v) is 3.95. The van der Waals surface area contributed by atoms with Crippen LogP contribution in [0.2, 0.25) is 0 Å². The molecule has 4 rings (SSSR count). The molecule has 2 aliphatic rings. The molecule has 2 fully saturated rings. The lowest BCUT2D eigenvalue weighted by atomic mass is 9.92. The number of nitrogens with one attached hydrogen (secondary N) is 2. The maximum absolute atomic E-state index is 12.5.